The van der Waals surface area contributed by atoms with Crippen LogP contribution in [0.25, 0.3) is 10.9 Å². The predicted molar refractivity (Wildman–Crippen MR) is 100 cm³/mol. The SMILES string of the molecule is CC(CC(=O)N1C2CC3CC1CC(O)(C3)C2)c1n[nH]c2cccc(Cl)c12. The third-order valence-electron chi connectivity index (χ3n) is 6.70. The molecular formula is C20H24ClN3O2. The van der Waals surface area contributed by atoms with Gasteiger partial charge in [-0.25, -0.2) is 0 Å². The van der Waals surface area contributed by atoms with Crippen molar-refractivity contribution in [3.05, 3.63) is 28.9 Å². The minimum Gasteiger partial charge on any atom is -0.390 e. The molecule has 2 aromatic rings. The molecular weight excluding hydrogens is 350 g/mol. The van der Waals surface area contributed by atoms with Crippen molar-refractivity contribution in [2.75, 3.05) is 0 Å². The van der Waals surface area contributed by atoms with Gasteiger partial charge in [-0.1, -0.05) is 24.6 Å². The van der Waals surface area contributed by atoms with E-state index in [1.165, 1.54) is 0 Å². The van der Waals surface area contributed by atoms with E-state index in [1.807, 2.05) is 25.1 Å². The molecule has 2 saturated heterocycles. The standard InChI is InChI=1S/C20H24ClN3O2/c1-11(19-18-15(21)3-2-4-16(18)22-23-19)5-17(25)24-13-6-12-7-14(24)10-20(26,8-12)9-13/h2-4,11-14,26H,5-10H2,1H3,(H,22,23). The van der Waals surface area contributed by atoms with E-state index in [2.05, 4.69) is 15.1 Å². The van der Waals surface area contributed by atoms with Crippen LogP contribution in [0, 0.1) is 5.92 Å². The van der Waals surface area contributed by atoms with Crippen molar-refractivity contribution in [3.63, 3.8) is 0 Å². The summed E-state index contributed by atoms with van der Waals surface area (Å²) in [5.74, 6) is 0.780. The minimum atomic E-state index is -0.523. The number of nitrogens with zero attached hydrogens (tertiary/aromatic N) is 2. The molecule has 1 amide bonds. The zero-order chi connectivity index (χ0) is 18.1. The molecule has 3 atom stereocenters. The molecule has 3 unspecified atom stereocenters. The lowest BCUT2D eigenvalue weighted by Crippen LogP contribution is -2.65. The second-order valence-electron chi connectivity index (χ2n) is 8.66. The Kier molecular flexibility index (Phi) is 3.63. The molecule has 5 nitrogen and oxygen atoms in total. The molecule has 2 N–H and O–H groups in total. The first-order valence-corrected chi connectivity index (χ1v) is 9.97. The van der Waals surface area contributed by atoms with Crippen molar-refractivity contribution in [3.8, 4) is 0 Å². The van der Waals surface area contributed by atoms with E-state index >= 15 is 0 Å². The van der Waals surface area contributed by atoms with Crippen LogP contribution < -0.4 is 0 Å². The first-order chi connectivity index (χ1) is 12.4. The van der Waals surface area contributed by atoms with Gasteiger partial charge in [-0.15, -0.1) is 0 Å². The number of fused-ring (bicyclic) bond motifs is 1. The third kappa shape index (κ3) is 2.48. The summed E-state index contributed by atoms with van der Waals surface area (Å²) in [6.45, 7) is 2.04. The summed E-state index contributed by atoms with van der Waals surface area (Å²) < 4.78 is 0. The zero-order valence-corrected chi connectivity index (χ0v) is 15.7. The van der Waals surface area contributed by atoms with Crippen LogP contribution >= 0.6 is 11.6 Å². The third-order valence-corrected chi connectivity index (χ3v) is 7.01. The molecule has 0 radical (unpaired) electrons. The number of aliphatic hydroxyl groups is 1. The van der Waals surface area contributed by atoms with Gasteiger partial charge in [-0.05, 0) is 50.2 Å². The number of nitrogens with one attached hydrogen (secondary N) is 1. The summed E-state index contributed by atoms with van der Waals surface area (Å²) in [6, 6.07) is 6.14. The highest BCUT2D eigenvalue weighted by Crippen LogP contribution is 2.51. The summed E-state index contributed by atoms with van der Waals surface area (Å²) in [4.78, 5) is 15.2. The van der Waals surface area contributed by atoms with Crippen LogP contribution in [-0.4, -0.2) is 43.8 Å². The van der Waals surface area contributed by atoms with E-state index < -0.39 is 5.60 Å². The van der Waals surface area contributed by atoms with Crippen LogP contribution in [-0.2, 0) is 4.79 Å². The number of halogens is 1. The zero-order valence-electron chi connectivity index (χ0n) is 14.9. The Hall–Kier alpha value is -1.59. The fraction of sp³-hybridized carbons (Fsp3) is 0.600. The Bertz CT molecular complexity index is 863. The topological polar surface area (TPSA) is 69.2 Å². The number of aromatic amines is 1. The molecule has 6 rings (SSSR count). The number of piperidine rings is 2. The fourth-order valence-electron chi connectivity index (χ4n) is 5.87. The van der Waals surface area contributed by atoms with Crippen LogP contribution in [0.5, 0.6) is 0 Å². The largest absolute Gasteiger partial charge is 0.390 e. The van der Waals surface area contributed by atoms with Gasteiger partial charge >= 0.3 is 0 Å². The molecule has 2 aliphatic heterocycles. The first kappa shape index (κ1) is 16.6. The molecule has 4 bridgehead atoms. The van der Waals surface area contributed by atoms with Gasteiger partial charge in [0.15, 0.2) is 0 Å². The highest BCUT2D eigenvalue weighted by Gasteiger charge is 2.54. The fourth-order valence-corrected chi connectivity index (χ4v) is 6.14. The number of amides is 1. The summed E-state index contributed by atoms with van der Waals surface area (Å²) in [7, 11) is 0. The summed E-state index contributed by atoms with van der Waals surface area (Å²) in [6.07, 6.45) is 4.96. The molecule has 3 heterocycles. The number of carbonyl (C=O) groups is 1. The predicted octanol–water partition coefficient (Wildman–Crippen LogP) is 3.61. The number of rotatable bonds is 3. The lowest BCUT2D eigenvalue weighted by Gasteiger charge is -2.59. The van der Waals surface area contributed by atoms with Crippen molar-refractivity contribution in [1.29, 1.82) is 0 Å². The summed E-state index contributed by atoms with van der Waals surface area (Å²) >= 11 is 6.36. The number of carbonyl (C=O) groups excluding carboxylic acids is 1. The second-order valence-corrected chi connectivity index (χ2v) is 9.07. The second kappa shape index (κ2) is 5.70. The van der Waals surface area contributed by atoms with Gasteiger partial charge in [0.25, 0.3) is 0 Å². The van der Waals surface area contributed by atoms with Crippen LogP contribution in [0.1, 0.15) is 57.1 Å². The quantitative estimate of drug-likeness (QED) is 0.863. The highest BCUT2D eigenvalue weighted by molar-refractivity contribution is 6.35. The van der Waals surface area contributed by atoms with Crippen molar-refractivity contribution in [1.82, 2.24) is 15.1 Å². The lowest BCUT2D eigenvalue weighted by molar-refractivity contribution is -0.174. The van der Waals surface area contributed by atoms with E-state index in [-0.39, 0.29) is 23.9 Å². The molecule has 1 aromatic heterocycles. The average molecular weight is 374 g/mol. The van der Waals surface area contributed by atoms with Crippen LogP contribution in [0.4, 0.5) is 0 Å². The van der Waals surface area contributed by atoms with Crippen molar-refractivity contribution < 1.29 is 9.90 Å². The highest BCUT2D eigenvalue weighted by atomic mass is 35.5. The Balaban J connectivity index is 1.37. The van der Waals surface area contributed by atoms with Gasteiger partial charge in [0.05, 0.1) is 21.8 Å². The number of hydrogen-bond donors (Lipinski definition) is 2. The molecule has 0 spiro atoms. The van der Waals surface area contributed by atoms with Crippen molar-refractivity contribution in [2.45, 2.75) is 69.1 Å². The van der Waals surface area contributed by atoms with Gasteiger partial charge in [-0.3, -0.25) is 9.89 Å². The molecule has 4 aliphatic rings. The Labute approximate surface area is 157 Å². The monoisotopic (exact) mass is 373 g/mol. The maximum absolute atomic E-state index is 13.1. The number of H-pyrrole nitrogens is 1. The Morgan fingerprint density at radius 3 is 2.81 bits per heavy atom. The smallest absolute Gasteiger partial charge is 0.223 e. The molecule has 2 aliphatic carbocycles. The first-order valence-electron chi connectivity index (χ1n) is 9.59. The normalized spacial score (nSPS) is 33.8. The van der Waals surface area contributed by atoms with E-state index in [4.69, 9.17) is 11.6 Å². The van der Waals surface area contributed by atoms with E-state index in [0.29, 0.717) is 17.4 Å². The van der Waals surface area contributed by atoms with E-state index in [9.17, 15) is 9.90 Å². The Morgan fingerprint density at radius 1 is 1.38 bits per heavy atom. The van der Waals surface area contributed by atoms with E-state index in [1.54, 1.807) is 0 Å². The van der Waals surface area contributed by atoms with Gasteiger partial charge in [0, 0.05) is 29.8 Å². The van der Waals surface area contributed by atoms with Gasteiger partial charge < -0.3 is 10.0 Å². The number of benzene rings is 1. The van der Waals surface area contributed by atoms with Gasteiger partial charge in [0.1, 0.15) is 0 Å². The van der Waals surface area contributed by atoms with Crippen molar-refractivity contribution >= 4 is 28.4 Å². The summed E-state index contributed by atoms with van der Waals surface area (Å²) in [5, 5.41) is 19.8. The maximum atomic E-state index is 13.1. The average Bonchev–Trinajstić information content (AvgIpc) is 2.98. The van der Waals surface area contributed by atoms with Crippen LogP contribution in [0.15, 0.2) is 18.2 Å². The molecule has 4 fully saturated rings. The van der Waals surface area contributed by atoms with Gasteiger partial charge in [0.2, 0.25) is 5.91 Å². The van der Waals surface area contributed by atoms with E-state index in [0.717, 1.165) is 48.7 Å². The molecule has 138 valence electrons. The number of aromatic nitrogens is 2. The molecule has 2 saturated carbocycles. The lowest BCUT2D eigenvalue weighted by atomic mass is 9.61. The summed E-state index contributed by atoms with van der Waals surface area (Å²) in [5.41, 5.74) is 1.25. The van der Waals surface area contributed by atoms with Gasteiger partial charge in [-0.2, -0.15) is 5.10 Å². The molecule has 26 heavy (non-hydrogen) atoms. The maximum Gasteiger partial charge on any atom is 0.223 e. The van der Waals surface area contributed by atoms with Crippen LogP contribution in [0.2, 0.25) is 5.02 Å². The number of hydrogen-bond acceptors (Lipinski definition) is 3. The van der Waals surface area contributed by atoms with Crippen LogP contribution in [0.3, 0.4) is 0 Å². The molecule has 6 heteroatoms. The van der Waals surface area contributed by atoms with Crippen molar-refractivity contribution in [2.24, 2.45) is 5.92 Å². The minimum absolute atomic E-state index is 0.00331. The molecule has 1 aromatic carbocycles. The Morgan fingerprint density at radius 2 is 2.12 bits per heavy atom.